The third kappa shape index (κ3) is 2.33. The molecule has 3 nitrogen and oxygen atoms in total. The summed E-state index contributed by atoms with van der Waals surface area (Å²) < 4.78 is 2.05. The predicted molar refractivity (Wildman–Crippen MR) is 94.4 cm³/mol. The van der Waals surface area contributed by atoms with Gasteiger partial charge in [0, 0.05) is 10.9 Å². The minimum absolute atomic E-state index is 0.243. The lowest BCUT2D eigenvalue weighted by atomic mass is 9.97. The van der Waals surface area contributed by atoms with Crippen LogP contribution in [0.2, 0.25) is 0 Å². The van der Waals surface area contributed by atoms with Gasteiger partial charge in [0.2, 0.25) is 0 Å². The number of thioether (sulfide) groups is 1. The number of aromatic nitrogens is 2. The standard InChI is InChI=1S/C17H22N2OS2/c1-2-21-17-18-15-14(12-9-5-6-10-13(12)22-15)16(20)19(17)11-7-3-4-8-11/h11H,2-10H2,1H3. The fourth-order valence-corrected chi connectivity index (χ4v) is 6.01. The fourth-order valence-electron chi connectivity index (χ4n) is 3.91. The molecular formula is C17H22N2OS2. The Kier molecular flexibility index (Phi) is 4.03. The second kappa shape index (κ2) is 6.00. The van der Waals surface area contributed by atoms with Crippen molar-refractivity contribution in [1.29, 1.82) is 0 Å². The molecule has 5 heteroatoms. The van der Waals surface area contributed by atoms with E-state index in [-0.39, 0.29) is 5.56 Å². The van der Waals surface area contributed by atoms with Gasteiger partial charge in [0.05, 0.1) is 5.39 Å². The van der Waals surface area contributed by atoms with Crippen LogP contribution in [0.15, 0.2) is 9.95 Å². The summed E-state index contributed by atoms with van der Waals surface area (Å²) in [6.45, 7) is 2.14. The molecular weight excluding hydrogens is 312 g/mol. The topological polar surface area (TPSA) is 34.9 Å². The van der Waals surface area contributed by atoms with Crippen LogP contribution in [0, 0.1) is 0 Å². The van der Waals surface area contributed by atoms with E-state index in [0.717, 1.165) is 46.8 Å². The number of thiophene rings is 1. The van der Waals surface area contributed by atoms with Crippen molar-refractivity contribution in [3.05, 3.63) is 20.8 Å². The summed E-state index contributed by atoms with van der Waals surface area (Å²) in [4.78, 5) is 20.6. The fraction of sp³-hybridized carbons (Fsp3) is 0.647. The molecule has 2 heterocycles. The van der Waals surface area contributed by atoms with E-state index >= 15 is 0 Å². The van der Waals surface area contributed by atoms with Gasteiger partial charge >= 0.3 is 0 Å². The maximum Gasteiger partial charge on any atom is 0.263 e. The Morgan fingerprint density at radius 3 is 2.77 bits per heavy atom. The van der Waals surface area contributed by atoms with Gasteiger partial charge in [0.15, 0.2) is 5.16 Å². The summed E-state index contributed by atoms with van der Waals surface area (Å²) in [6, 6.07) is 0.373. The van der Waals surface area contributed by atoms with Crippen molar-refractivity contribution in [3.8, 4) is 0 Å². The SMILES string of the molecule is CCSc1nc2sc3c(c2c(=O)n1C1CCCC1)CCCC3. The van der Waals surface area contributed by atoms with Gasteiger partial charge < -0.3 is 0 Å². The normalized spacial score (nSPS) is 19.0. The third-order valence-corrected chi connectivity index (χ3v) is 6.97. The largest absolute Gasteiger partial charge is 0.284 e. The molecule has 0 saturated heterocycles. The van der Waals surface area contributed by atoms with E-state index < -0.39 is 0 Å². The van der Waals surface area contributed by atoms with Crippen LogP contribution in [0.1, 0.15) is 61.9 Å². The first-order valence-corrected chi connectivity index (χ1v) is 10.3. The Morgan fingerprint density at radius 2 is 2.00 bits per heavy atom. The maximum absolute atomic E-state index is 13.3. The molecule has 0 unspecified atom stereocenters. The van der Waals surface area contributed by atoms with Gasteiger partial charge in [-0.05, 0) is 49.8 Å². The number of fused-ring (bicyclic) bond motifs is 3. The van der Waals surface area contributed by atoms with Crippen molar-refractivity contribution < 1.29 is 0 Å². The van der Waals surface area contributed by atoms with Crippen molar-refractivity contribution in [2.24, 2.45) is 0 Å². The summed E-state index contributed by atoms with van der Waals surface area (Å²) in [6.07, 6.45) is 9.43. The number of aryl methyl sites for hydroxylation is 2. The van der Waals surface area contributed by atoms with Crippen LogP contribution in [-0.4, -0.2) is 15.3 Å². The van der Waals surface area contributed by atoms with E-state index in [0.29, 0.717) is 6.04 Å². The van der Waals surface area contributed by atoms with E-state index in [1.807, 2.05) is 4.57 Å². The Labute approximate surface area is 139 Å². The van der Waals surface area contributed by atoms with Gasteiger partial charge in [-0.15, -0.1) is 11.3 Å². The highest BCUT2D eigenvalue weighted by Gasteiger charge is 2.26. The average molecular weight is 335 g/mol. The Bertz CT molecular complexity index is 756. The molecule has 0 radical (unpaired) electrons. The van der Waals surface area contributed by atoms with Crippen LogP contribution in [0.4, 0.5) is 0 Å². The van der Waals surface area contributed by atoms with Crippen LogP contribution < -0.4 is 5.56 Å². The number of hydrogen-bond acceptors (Lipinski definition) is 4. The smallest absolute Gasteiger partial charge is 0.263 e. The van der Waals surface area contributed by atoms with E-state index in [1.165, 1.54) is 36.1 Å². The monoisotopic (exact) mass is 334 g/mol. The molecule has 0 bridgehead atoms. The highest BCUT2D eigenvalue weighted by atomic mass is 32.2. The first-order chi connectivity index (χ1) is 10.8. The Balaban J connectivity index is 1.96. The van der Waals surface area contributed by atoms with Gasteiger partial charge in [0.1, 0.15) is 4.83 Å². The second-order valence-electron chi connectivity index (χ2n) is 6.33. The van der Waals surface area contributed by atoms with Crippen LogP contribution >= 0.6 is 23.1 Å². The summed E-state index contributed by atoms with van der Waals surface area (Å²) in [5, 5.41) is 1.90. The molecule has 0 spiro atoms. The first kappa shape index (κ1) is 14.8. The van der Waals surface area contributed by atoms with Crippen molar-refractivity contribution >= 4 is 33.3 Å². The lowest BCUT2D eigenvalue weighted by molar-refractivity contribution is 0.458. The van der Waals surface area contributed by atoms with Crippen molar-refractivity contribution in [1.82, 2.24) is 9.55 Å². The molecule has 118 valence electrons. The lowest BCUT2D eigenvalue weighted by Crippen LogP contribution is -2.26. The molecule has 22 heavy (non-hydrogen) atoms. The molecule has 2 aliphatic carbocycles. The molecule has 2 aliphatic rings. The van der Waals surface area contributed by atoms with E-state index in [1.54, 1.807) is 23.1 Å². The van der Waals surface area contributed by atoms with E-state index in [4.69, 9.17) is 4.98 Å². The van der Waals surface area contributed by atoms with Crippen LogP contribution in [0.5, 0.6) is 0 Å². The molecule has 1 fully saturated rings. The average Bonchev–Trinajstić information content (AvgIpc) is 3.14. The molecule has 0 aliphatic heterocycles. The molecule has 2 aromatic rings. The minimum Gasteiger partial charge on any atom is -0.284 e. The molecule has 0 N–H and O–H groups in total. The number of rotatable bonds is 3. The molecule has 0 atom stereocenters. The summed E-state index contributed by atoms with van der Waals surface area (Å²) in [5.41, 5.74) is 1.57. The van der Waals surface area contributed by atoms with Gasteiger partial charge in [-0.2, -0.15) is 0 Å². The lowest BCUT2D eigenvalue weighted by Gasteiger charge is -2.18. The van der Waals surface area contributed by atoms with Gasteiger partial charge in [-0.3, -0.25) is 9.36 Å². The number of hydrogen-bond donors (Lipinski definition) is 0. The van der Waals surface area contributed by atoms with Crippen molar-refractivity contribution in [3.63, 3.8) is 0 Å². The zero-order valence-electron chi connectivity index (χ0n) is 13.1. The quantitative estimate of drug-likeness (QED) is 0.609. The van der Waals surface area contributed by atoms with Crippen molar-refractivity contribution in [2.45, 2.75) is 69.5 Å². The van der Waals surface area contributed by atoms with Gasteiger partial charge in [0.25, 0.3) is 5.56 Å². The van der Waals surface area contributed by atoms with E-state index in [2.05, 4.69) is 6.92 Å². The minimum atomic E-state index is 0.243. The van der Waals surface area contributed by atoms with Crippen LogP contribution in [0.25, 0.3) is 10.2 Å². The van der Waals surface area contributed by atoms with E-state index in [9.17, 15) is 4.79 Å². The Morgan fingerprint density at radius 1 is 1.23 bits per heavy atom. The Hall–Kier alpha value is -0.810. The molecule has 0 amide bonds. The highest BCUT2D eigenvalue weighted by Crippen LogP contribution is 2.37. The molecule has 4 rings (SSSR count). The van der Waals surface area contributed by atoms with Crippen LogP contribution in [0.3, 0.4) is 0 Å². The highest BCUT2D eigenvalue weighted by molar-refractivity contribution is 7.99. The molecule has 0 aromatic carbocycles. The third-order valence-electron chi connectivity index (χ3n) is 4.95. The summed E-state index contributed by atoms with van der Waals surface area (Å²) >= 11 is 3.49. The summed E-state index contributed by atoms with van der Waals surface area (Å²) in [5.74, 6) is 0.968. The first-order valence-electron chi connectivity index (χ1n) is 8.49. The maximum atomic E-state index is 13.3. The molecule has 2 aromatic heterocycles. The zero-order valence-corrected chi connectivity index (χ0v) is 14.7. The van der Waals surface area contributed by atoms with Gasteiger partial charge in [-0.25, -0.2) is 4.98 Å². The van der Waals surface area contributed by atoms with Gasteiger partial charge in [-0.1, -0.05) is 31.5 Å². The second-order valence-corrected chi connectivity index (χ2v) is 8.65. The molecule has 1 saturated carbocycles. The van der Waals surface area contributed by atoms with Crippen LogP contribution in [-0.2, 0) is 12.8 Å². The van der Waals surface area contributed by atoms with Crippen molar-refractivity contribution in [2.75, 3.05) is 5.75 Å². The predicted octanol–water partition coefficient (Wildman–Crippen LogP) is 4.56. The summed E-state index contributed by atoms with van der Waals surface area (Å²) in [7, 11) is 0. The zero-order chi connectivity index (χ0) is 15.1. The number of nitrogens with zero attached hydrogens (tertiary/aromatic N) is 2.